The first-order chi connectivity index (χ1) is 9.51. The van der Waals surface area contributed by atoms with E-state index in [0.29, 0.717) is 6.04 Å². The van der Waals surface area contributed by atoms with Crippen LogP contribution in [0.3, 0.4) is 0 Å². The fourth-order valence-electron chi connectivity index (χ4n) is 2.63. The minimum atomic E-state index is 0.110. The predicted molar refractivity (Wildman–Crippen MR) is 79.9 cm³/mol. The van der Waals surface area contributed by atoms with E-state index < -0.39 is 0 Å². The lowest BCUT2D eigenvalue weighted by atomic mass is 10.0. The van der Waals surface area contributed by atoms with Crippen molar-refractivity contribution in [1.82, 2.24) is 19.6 Å². The summed E-state index contributed by atoms with van der Waals surface area (Å²) in [4.78, 5) is 15.4. The standard InChI is InChI=1S/C14H25N5O/c1-5-12-13(10-18(4)16-12)15-11-6-8-19(9-7-11)14(20)17(2)3/h10-11,15H,5-9H2,1-4H3. The number of amides is 2. The van der Waals surface area contributed by atoms with Gasteiger partial charge in [0.25, 0.3) is 0 Å². The molecule has 0 bridgehead atoms. The zero-order chi connectivity index (χ0) is 14.7. The van der Waals surface area contributed by atoms with Crippen LogP contribution in [-0.2, 0) is 13.5 Å². The first-order valence-corrected chi connectivity index (χ1v) is 7.26. The highest BCUT2D eigenvalue weighted by Crippen LogP contribution is 2.20. The number of aryl methyl sites for hydroxylation is 2. The molecule has 112 valence electrons. The van der Waals surface area contributed by atoms with Gasteiger partial charge in [0.2, 0.25) is 0 Å². The number of likely N-dealkylation sites (tertiary alicyclic amines) is 1. The summed E-state index contributed by atoms with van der Waals surface area (Å²) < 4.78 is 1.85. The summed E-state index contributed by atoms with van der Waals surface area (Å²) in [6, 6.07) is 0.537. The molecule has 0 unspecified atom stereocenters. The van der Waals surface area contributed by atoms with Crippen LogP contribution in [0.5, 0.6) is 0 Å². The second-order valence-corrected chi connectivity index (χ2v) is 5.60. The summed E-state index contributed by atoms with van der Waals surface area (Å²) >= 11 is 0. The van der Waals surface area contributed by atoms with Crippen LogP contribution in [0.25, 0.3) is 0 Å². The topological polar surface area (TPSA) is 53.4 Å². The quantitative estimate of drug-likeness (QED) is 0.913. The number of anilines is 1. The van der Waals surface area contributed by atoms with Gasteiger partial charge in [0.05, 0.1) is 11.4 Å². The van der Waals surface area contributed by atoms with E-state index in [4.69, 9.17) is 0 Å². The monoisotopic (exact) mass is 279 g/mol. The molecule has 1 aliphatic heterocycles. The molecule has 1 fully saturated rings. The second-order valence-electron chi connectivity index (χ2n) is 5.60. The maximum Gasteiger partial charge on any atom is 0.319 e. The summed E-state index contributed by atoms with van der Waals surface area (Å²) in [5.41, 5.74) is 2.24. The maximum atomic E-state index is 11.9. The zero-order valence-electron chi connectivity index (χ0n) is 12.9. The van der Waals surface area contributed by atoms with Crippen molar-refractivity contribution in [2.24, 2.45) is 7.05 Å². The van der Waals surface area contributed by atoms with Gasteiger partial charge in [0.1, 0.15) is 0 Å². The van der Waals surface area contributed by atoms with Gasteiger partial charge < -0.3 is 15.1 Å². The van der Waals surface area contributed by atoms with Crippen LogP contribution >= 0.6 is 0 Å². The molecule has 0 saturated carbocycles. The van der Waals surface area contributed by atoms with Gasteiger partial charge >= 0.3 is 6.03 Å². The SMILES string of the molecule is CCc1nn(C)cc1NC1CCN(C(=O)N(C)C)CC1. The third-order valence-electron chi connectivity index (χ3n) is 3.75. The average Bonchev–Trinajstić information content (AvgIpc) is 2.78. The third kappa shape index (κ3) is 3.23. The number of nitrogens with zero attached hydrogens (tertiary/aromatic N) is 4. The molecule has 2 rings (SSSR count). The smallest absolute Gasteiger partial charge is 0.319 e. The number of hydrogen-bond donors (Lipinski definition) is 1. The van der Waals surface area contributed by atoms with Crippen LogP contribution in [0.15, 0.2) is 6.20 Å². The molecule has 0 radical (unpaired) electrons. The number of aromatic nitrogens is 2. The van der Waals surface area contributed by atoms with Crippen LogP contribution in [0.1, 0.15) is 25.5 Å². The number of carbonyl (C=O) groups excluding carboxylic acids is 1. The first-order valence-electron chi connectivity index (χ1n) is 7.26. The molecular formula is C14H25N5O. The van der Waals surface area contributed by atoms with Crippen LogP contribution < -0.4 is 5.32 Å². The molecule has 1 N–H and O–H groups in total. The van der Waals surface area contributed by atoms with E-state index in [2.05, 4.69) is 17.3 Å². The highest BCUT2D eigenvalue weighted by atomic mass is 16.2. The Morgan fingerprint density at radius 2 is 2.10 bits per heavy atom. The van der Waals surface area contributed by atoms with Crippen LogP contribution in [0.4, 0.5) is 10.5 Å². The number of carbonyl (C=O) groups is 1. The van der Waals surface area contributed by atoms with Gasteiger partial charge in [-0.1, -0.05) is 6.92 Å². The molecule has 20 heavy (non-hydrogen) atoms. The Balaban J connectivity index is 1.89. The molecule has 0 spiro atoms. The van der Waals surface area contributed by atoms with Crippen molar-refractivity contribution < 1.29 is 4.79 Å². The van der Waals surface area contributed by atoms with E-state index in [0.717, 1.165) is 43.7 Å². The minimum absolute atomic E-state index is 0.110. The highest BCUT2D eigenvalue weighted by Gasteiger charge is 2.24. The molecule has 1 aliphatic rings. The van der Waals surface area contributed by atoms with Gasteiger partial charge in [0, 0.05) is 46.5 Å². The van der Waals surface area contributed by atoms with Crippen molar-refractivity contribution in [1.29, 1.82) is 0 Å². The Morgan fingerprint density at radius 1 is 1.45 bits per heavy atom. The van der Waals surface area contributed by atoms with E-state index in [1.807, 2.05) is 22.8 Å². The summed E-state index contributed by atoms with van der Waals surface area (Å²) in [7, 11) is 5.55. The fraction of sp³-hybridized carbons (Fsp3) is 0.714. The molecule has 0 atom stereocenters. The van der Waals surface area contributed by atoms with Gasteiger partial charge in [-0.15, -0.1) is 0 Å². The van der Waals surface area contributed by atoms with Crippen molar-refractivity contribution in [3.63, 3.8) is 0 Å². The van der Waals surface area contributed by atoms with Gasteiger partial charge in [-0.2, -0.15) is 5.10 Å². The number of urea groups is 1. The van der Waals surface area contributed by atoms with Gasteiger partial charge in [0.15, 0.2) is 0 Å². The third-order valence-corrected chi connectivity index (χ3v) is 3.75. The van der Waals surface area contributed by atoms with Crippen LogP contribution in [-0.4, -0.2) is 58.8 Å². The molecule has 1 saturated heterocycles. The van der Waals surface area contributed by atoms with Crippen molar-refractivity contribution in [3.05, 3.63) is 11.9 Å². The molecule has 1 aromatic rings. The van der Waals surface area contributed by atoms with E-state index >= 15 is 0 Å². The lowest BCUT2D eigenvalue weighted by molar-refractivity contribution is 0.158. The van der Waals surface area contributed by atoms with Gasteiger partial charge in [-0.25, -0.2) is 4.79 Å². The highest BCUT2D eigenvalue weighted by molar-refractivity contribution is 5.73. The number of rotatable bonds is 3. The van der Waals surface area contributed by atoms with E-state index in [-0.39, 0.29) is 6.03 Å². The largest absolute Gasteiger partial charge is 0.379 e. The van der Waals surface area contributed by atoms with E-state index in [1.54, 1.807) is 19.0 Å². The normalized spacial score (nSPS) is 16.3. The Labute approximate surface area is 120 Å². The van der Waals surface area contributed by atoms with E-state index in [9.17, 15) is 4.79 Å². The Kier molecular flexibility index (Phi) is 4.52. The van der Waals surface area contributed by atoms with Crippen molar-refractivity contribution in [3.8, 4) is 0 Å². The average molecular weight is 279 g/mol. The Morgan fingerprint density at radius 3 is 2.65 bits per heavy atom. The number of piperidine rings is 1. The molecule has 0 aromatic carbocycles. The Hall–Kier alpha value is -1.72. The Bertz CT molecular complexity index is 460. The number of nitrogens with one attached hydrogen (secondary N) is 1. The van der Waals surface area contributed by atoms with Crippen molar-refractivity contribution in [2.45, 2.75) is 32.2 Å². The number of hydrogen-bond acceptors (Lipinski definition) is 3. The molecule has 0 aliphatic carbocycles. The summed E-state index contributed by atoms with van der Waals surface area (Å²) in [5, 5.41) is 8.02. The molecule has 2 amide bonds. The van der Waals surface area contributed by atoms with Crippen LogP contribution in [0.2, 0.25) is 0 Å². The fourth-order valence-corrected chi connectivity index (χ4v) is 2.63. The summed E-state index contributed by atoms with van der Waals surface area (Å²) in [6.07, 6.45) is 4.94. The van der Waals surface area contributed by atoms with Crippen molar-refractivity contribution >= 4 is 11.7 Å². The zero-order valence-corrected chi connectivity index (χ0v) is 12.9. The maximum absolute atomic E-state index is 11.9. The predicted octanol–water partition coefficient (Wildman–Crippen LogP) is 1.54. The van der Waals surface area contributed by atoms with Gasteiger partial charge in [-0.05, 0) is 19.3 Å². The molecule has 2 heterocycles. The van der Waals surface area contributed by atoms with Crippen LogP contribution in [0, 0.1) is 0 Å². The van der Waals surface area contributed by atoms with E-state index in [1.165, 1.54) is 0 Å². The minimum Gasteiger partial charge on any atom is -0.379 e. The van der Waals surface area contributed by atoms with Crippen molar-refractivity contribution in [2.75, 3.05) is 32.5 Å². The molecule has 6 nitrogen and oxygen atoms in total. The molecule has 1 aromatic heterocycles. The molecular weight excluding hydrogens is 254 g/mol. The lowest BCUT2D eigenvalue weighted by Crippen LogP contribution is -2.46. The van der Waals surface area contributed by atoms with Gasteiger partial charge in [-0.3, -0.25) is 4.68 Å². The summed E-state index contributed by atoms with van der Waals surface area (Å²) in [5.74, 6) is 0. The second kappa shape index (κ2) is 6.15. The first kappa shape index (κ1) is 14.7. The lowest BCUT2D eigenvalue weighted by Gasteiger charge is -2.34. The summed E-state index contributed by atoms with van der Waals surface area (Å²) in [6.45, 7) is 3.75. The molecule has 6 heteroatoms.